The lowest BCUT2D eigenvalue weighted by Crippen LogP contribution is -2.33. The van der Waals surface area contributed by atoms with Gasteiger partial charge in [0.2, 0.25) is 0 Å². The number of carbonyl (C=O) groups is 1. The van der Waals surface area contributed by atoms with Crippen molar-refractivity contribution in [2.24, 2.45) is 5.92 Å². The predicted octanol–water partition coefficient (Wildman–Crippen LogP) is 2.50. The van der Waals surface area contributed by atoms with Crippen LogP contribution in [0.5, 0.6) is 0 Å². The number of carbonyl (C=O) groups excluding carboxylic acids is 1. The van der Waals surface area contributed by atoms with E-state index in [9.17, 15) is 13.4 Å². The second-order valence-corrected chi connectivity index (χ2v) is 7.86. The Hall–Kier alpha value is -1.54. The molecule has 3 nitrogen and oxygen atoms in total. The normalized spacial score (nSPS) is 30.9. The minimum atomic E-state index is -0.777. The van der Waals surface area contributed by atoms with Crippen molar-refractivity contribution < 1.29 is 13.4 Å². The van der Waals surface area contributed by atoms with Crippen molar-refractivity contribution in [1.29, 1.82) is 5.26 Å². The molecule has 2 atom stereocenters. The number of hydrogen-bond acceptors (Lipinski definition) is 3. The van der Waals surface area contributed by atoms with Gasteiger partial charge in [-0.05, 0) is 49.4 Å². The number of nitriles is 1. The molecule has 2 aliphatic rings. The summed E-state index contributed by atoms with van der Waals surface area (Å²) in [6.45, 7) is 0. The molecule has 0 saturated carbocycles. The van der Waals surface area contributed by atoms with Crippen LogP contribution in [0.1, 0.15) is 36.8 Å². The molecule has 2 unspecified atom stereocenters. The molecule has 110 valence electrons. The van der Waals surface area contributed by atoms with Crippen molar-refractivity contribution in [2.75, 3.05) is 0 Å². The van der Waals surface area contributed by atoms with Gasteiger partial charge in [0.1, 0.15) is 11.6 Å². The molecule has 0 spiro atoms. The van der Waals surface area contributed by atoms with E-state index in [0.29, 0.717) is 24.0 Å². The molecule has 0 aliphatic carbocycles. The molecule has 0 N–H and O–H groups in total. The van der Waals surface area contributed by atoms with Gasteiger partial charge in [-0.3, -0.25) is 9.00 Å². The maximum Gasteiger partial charge on any atom is 0.140 e. The minimum absolute atomic E-state index is 0.0469. The lowest BCUT2D eigenvalue weighted by molar-refractivity contribution is -0.122. The Bertz CT molecular complexity index is 636. The number of Topliss-reactive ketones (excluding diaryl/α,β-unsaturated/α-hetero) is 1. The number of halogens is 1. The SMILES string of the molecule is N#Cc1ccc(F)cc1CC(=O)C1CC2CCC(C1)S2=O. The van der Waals surface area contributed by atoms with E-state index in [-0.39, 0.29) is 28.6 Å². The van der Waals surface area contributed by atoms with Crippen LogP contribution in [-0.4, -0.2) is 20.5 Å². The lowest BCUT2D eigenvalue weighted by atomic mass is 9.89. The zero-order valence-electron chi connectivity index (χ0n) is 11.5. The molecular weight excluding hydrogens is 289 g/mol. The Balaban J connectivity index is 1.74. The second kappa shape index (κ2) is 5.69. The topological polar surface area (TPSA) is 57.9 Å². The number of benzene rings is 1. The fourth-order valence-corrected chi connectivity index (χ4v) is 5.57. The van der Waals surface area contributed by atoms with E-state index in [1.165, 1.54) is 18.2 Å². The average Bonchev–Trinajstić information content (AvgIpc) is 2.69. The van der Waals surface area contributed by atoms with Gasteiger partial charge in [-0.25, -0.2) is 4.39 Å². The summed E-state index contributed by atoms with van der Waals surface area (Å²) in [5.74, 6) is -0.470. The lowest BCUT2D eigenvalue weighted by Gasteiger charge is -2.26. The highest BCUT2D eigenvalue weighted by molar-refractivity contribution is 7.86. The van der Waals surface area contributed by atoms with Crippen molar-refractivity contribution in [3.63, 3.8) is 0 Å². The Morgan fingerprint density at radius 3 is 2.62 bits per heavy atom. The molecule has 1 aromatic rings. The molecule has 2 fully saturated rings. The summed E-state index contributed by atoms with van der Waals surface area (Å²) in [6, 6.07) is 5.92. The fraction of sp³-hybridized carbons (Fsp3) is 0.500. The van der Waals surface area contributed by atoms with Crippen molar-refractivity contribution in [3.8, 4) is 6.07 Å². The largest absolute Gasteiger partial charge is 0.299 e. The first-order valence-electron chi connectivity index (χ1n) is 7.19. The van der Waals surface area contributed by atoms with Gasteiger partial charge in [-0.2, -0.15) is 5.26 Å². The molecule has 2 aliphatic heterocycles. The van der Waals surface area contributed by atoms with Gasteiger partial charge < -0.3 is 0 Å². The van der Waals surface area contributed by atoms with E-state index in [0.717, 1.165) is 12.8 Å². The van der Waals surface area contributed by atoms with Gasteiger partial charge in [0.05, 0.1) is 11.6 Å². The van der Waals surface area contributed by atoms with E-state index in [2.05, 4.69) is 0 Å². The van der Waals surface area contributed by atoms with E-state index < -0.39 is 16.6 Å². The monoisotopic (exact) mass is 305 g/mol. The zero-order chi connectivity index (χ0) is 15.0. The Morgan fingerprint density at radius 1 is 1.33 bits per heavy atom. The summed E-state index contributed by atoms with van der Waals surface area (Å²) in [4.78, 5) is 12.4. The molecule has 2 bridgehead atoms. The number of nitrogens with zero attached hydrogens (tertiary/aromatic N) is 1. The van der Waals surface area contributed by atoms with E-state index in [1.54, 1.807) is 0 Å². The third-order valence-corrected chi connectivity index (χ3v) is 6.74. The van der Waals surface area contributed by atoms with Gasteiger partial charge >= 0.3 is 0 Å². The standard InChI is InChI=1S/C16H16FNO2S/c17-13-2-1-10(9-18)11(5-13)8-16(19)12-6-14-3-4-15(7-12)21(14)20/h1-2,5,12,14-15H,3-4,6-8H2. The molecular formula is C16H16FNO2S. The zero-order valence-corrected chi connectivity index (χ0v) is 12.4. The molecule has 2 heterocycles. The van der Waals surface area contributed by atoms with Crippen molar-refractivity contribution in [1.82, 2.24) is 0 Å². The molecule has 0 radical (unpaired) electrons. The first kappa shape index (κ1) is 14.4. The summed E-state index contributed by atoms with van der Waals surface area (Å²) in [5, 5.41) is 9.34. The minimum Gasteiger partial charge on any atom is -0.299 e. The maximum absolute atomic E-state index is 13.3. The highest BCUT2D eigenvalue weighted by atomic mass is 32.2. The maximum atomic E-state index is 13.3. The summed E-state index contributed by atoms with van der Waals surface area (Å²) >= 11 is 0. The summed E-state index contributed by atoms with van der Waals surface area (Å²) in [7, 11) is -0.777. The molecule has 1 aromatic carbocycles. The Labute approximate surface area is 125 Å². The van der Waals surface area contributed by atoms with Crippen LogP contribution in [-0.2, 0) is 22.0 Å². The highest BCUT2D eigenvalue weighted by Gasteiger charge is 2.42. The van der Waals surface area contributed by atoms with Gasteiger partial charge in [0.25, 0.3) is 0 Å². The van der Waals surface area contributed by atoms with Crippen LogP contribution in [0.15, 0.2) is 18.2 Å². The number of rotatable bonds is 3. The average molecular weight is 305 g/mol. The van der Waals surface area contributed by atoms with Crippen LogP contribution in [0, 0.1) is 23.1 Å². The summed E-state index contributed by atoms with van der Waals surface area (Å²) in [5.41, 5.74) is 0.814. The molecule has 0 amide bonds. The molecule has 5 heteroatoms. The first-order chi connectivity index (χ1) is 10.1. The third kappa shape index (κ3) is 2.77. The number of ketones is 1. The second-order valence-electron chi connectivity index (χ2n) is 5.87. The van der Waals surface area contributed by atoms with Gasteiger partial charge in [0.15, 0.2) is 0 Å². The van der Waals surface area contributed by atoms with Crippen LogP contribution in [0.25, 0.3) is 0 Å². The number of hydrogen-bond donors (Lipinski definition) is 0. The first-order valence-corrected chi connectivity index (χ1v) is 8.46. The molecule has 3 rings (SSSR count). The highest BCUT2D eigenvalue weighted by Crippen LogP contribution is 2.39. The summed E-state index contributed by atoms with van der Waals surface area (Å²) < 4.78 is 25.3. The van der Waals surface area contributed by atoms with Gasteiger partial charge in [-0.1, -0.05) is 0 Å². The molecule has 0 aromatic heterocycles. The van der Waals surface area contributed by atoms with Crippen molar-refractivity contribution in [2.45, 2.75) is 42.6 Å². The number of fused-ring (bicyclic) bond motifs is 2. The Morgan fingerprint density at radius 2 is 2.00 bits per heavy atom. The predicted molar refractivity (Wildman–Crippen MR) is 77.5 cm³/mol. The van der Waals surface area contributed by atoms with Gasteiger partial charge in [-0.15, -0.1) is 0 Å². The van der Waals surface area contributed by atoms with Crippen LogP contribution >= 0.6 is 0 Å². The van der Waals surface area contributed by atoms with Crippen molar-refractivity contribution >= 4 is 16.6 Å². The molecule has 2 saturated heterocycles. The van der Waals surface area contributed by atoms with E-state index in [4.69, 9.17) is 5.26 Å². The molecule has 21 heavy (non-hydrogen) atoms. The van der Waals surface area contributed by atoms with E-state index in [1.807, 2.05) is 6.07 Å². The van der Waals surface area contributed by atoms with Gasteiger partial charge in [0, 0.05) is 33.6 Å². The quantitative estimate of drug-likeness (QED) is 0.862. The Kier molecular flexibility index (Phi) is 3.90. The van der Waals surface area contributed by atoms with Crippen LogP contribution < -0.4 is 0 Å². The third-order valence-electron chi connectivity index (χ3n) is 4.57. The summed E-state index contributed by atoms with van der Waals surface area (Å²) in [6.07, 6.45) is 3.35. The van der Waals surface area contributed by atoms with Crippen molar-refractivity contribution in [3.05, 3.63) is 35.1 Å². The van der Waals surface area contributed by atoms with E-state index >= 15 is 0 Å². The fourth-order valence-electron chi connectivity index (χ4n) is 3.45. The van der Waals surface area contributed by atoms with Crippen LogP contribution in [0.4, 0.5) is 4.39 Å². The smallest absolute Gasteiger partial charge is 0.140 e. The van der Waals surface area contributed by atoms with Crippen LogP contribution in [0.3, 0.4) is 0 Å². The van der Waals surface area contributed by atoms with Crippen LogP contribution in [0.2, 0.25) is 0 Å².